The smallest absolute Gasteiger partial charge is 0.378 e. The third kappa shape index (κ3) is 5.81. The van der Waals surface area contributed by atoms with Crippen molar-refractivity contribution in [3.05, 3.63) is 26.8 Å². The molecule has 2 saturated heterocycles. The fourth-order valence-electron chi connectivity index (χ4n) is 3.49. The molecular weight excluding hydrogens is 495 g/mol. The number of amides is 2. The van der Waals surface area contributed by atoms with E-state index in [-0.39, 0.29) is 33.5 Å². The van der Waals surface area contributed by atoms with Crippen LogP contribution in [0.15, 0.2) is 17.5 Å². The fourth-order valence-corrected chi connectivity index (χ4v) is 5.90. The van der Waals surface area contributed by atoms with Crippen LogP contribution in [-0.4, -0.2) is 81.1 Å². The average Bonchev–Trinajstić information content (AvgIpc) is 3.30. The van der Waals surface area contributed by atoms with Crippen LogP contribution in [0.25, 0.3) is 5.57 Å². The van der Waals surface area contributed by atoms with E-state index in [4.69, 9.17) is 16.3 Å². The Morgan fingerprint density at radius 3 is 2.53 bits per heavy atom. The first kappa shape index (κ1) is 25.0. The SMILES string of the molecule is C[C@@H](C(=O)N1CCOCC1)N1CC[C@H](NS(=O)(=O)/C=C(/c2ccc(Cl)s2)C(F)(F)F)C1=O. The van der Waals surface area contributed by atoms with Crippen molar-refractivity contribution in [2.45, 2.75) is 31.6 Å². The summed E-state index contributed by atoms with van der Waals surface area (Å²) in [6.45, 7) is 3.18. The highest BCUT2D eigenvalue weighted by molar-refractivity contribution is 7.92. The van der Waals surface area contributed by atoms with Crippen molar-refractivity contribution in [1.82, 2.24) is 14.5 Å². The monoisotopic (exact) mass is 515 g/mol. The van der Waals surface area contributed by atoms with E-state index in [0.717, 1.165) is 6.07 Å². The van der Waals surface area contributed by atoms with Crippen molar-refractivity contribution >= 4 is 50.3 Å². The molecule has 2 aliphatic rings. The summed E-state index contributed by atoms with van der Waals surface area (Å²) in [7, 11) is -4.64. The van der Waals surface area contributed by atoms with Gasteiger partial charge in [0.25, 0.3) is 0 Å². The molecule has 0 radical (unpaired) electrons. The van der Waals surface area contributed by atoms with Gasteiger partial charge in [-0.15, -0.1) is 11.3 Å². The summed E-state index contributed by atoms with van der Waals surface area (Å²) in [4.78, 5) is 27.8. The largest absolute Gasteiger partial charge is 0.418 e. The predicted octanol–water partition coefficient (Wildman–Crippen LogP) is 2.07. The van der Waals surface area contributed by atoms with Gasteiger partial charge in [-0.25, -0.2) is 8.42 Å². The number of carbonyl (C=O) groups is 2. The number of carbonyl (C=O) groups excluding carboxylic acids is 2. The third-order valence-corrected chi connectivity index (χ3v) is 7.53. The molecule has 2 atom stereocenters. The van der Waals surface area contributed by atoms with E-state index in [2.05, 4.69) is 0 Å². The van der Waals surface area contributed by atoms with Crippen molar-refractivity contribution in [3.8, 4) is 0 Å². The van der Waals surface area contributed by atoms with Crippen molar-refractivity contribution in [1.29, 1.82) is 0 Å². The molecule has 2 fully saturated rings. The van der Waals surface area contributed by atoms with E-state index in [0.29, 0.717) is 37.6 Å². The second-order valence-electron chi connectivity index (χ2n) is 7.28. The minimum absolute atomic E-state index is 0.0266. The molecule has 3 rings (SSSR count). The summed E-state index contributed by atoms with van der Waals surface area (Å²) in [5, 5.41) is 0.0629. The molecule has 0 aliphatic carbocycles. The number of ether oxygens (including phenoxy) is 1. The van der Waals surface area contributed by atoms with Gasteiger partial charge in [0.2, 0.25) is 21.8 Å². The van der Waals surface area contributed by atoms with Gasteiger partial charge in [-0.05, 0) is 25.5 Å². The van der Waals surface area contributed by atoms with E-state index in [9.17, 15) is 31.2 Å². The Kier molecular flexibility index (Phi) is 7.55. The Morgan fingerprint density at radius 1 is 1.31 bits per heavy atom. The summed E-state index contributed by atoms with van der Waals surface area (Å²) >= 11 is 6.27. The Labute approximate surface area is 192 Å². The number of hydrogen-bond acceptors (Lipinski definition) is 6. The van der Waals surface area contributed by atoms with E-state index < -0.39 is 39.8 Å². The van der Waals surface area contributed by atoms with Gasteiger partial charge in [-0.3, -0.25) is 9.59 Å². The molecular formula is C18H21ClF3N3O5S2. The van der Waals surface area contributed by atoms with Crippen molar-refractivity contribution < 1.29 is 35.9 Å². The Balaban J connectivity index is 1.73. The number of sulfonamides is 1. The van der Waals surface area contributed by atoms with Gasteiger partial charge in [0.05, 0.1) is 28.5 Å². The molecule has 178 valence electrons. The number of nitrogens with zero attached hydrogens (tertiary/aromatic N) is 2. The quantitative estimate of drug-likeness (QED) is 0.626. The standard InChI is InChI=1S/C18H21ClF3N3O5S2/c1-11(16(26)24-6-8-30-9-7-24)25-5-4-13(17(25)27)23-32(28,29)10-12(18(20,21)22)14-2-3-15(19)31-14/h2-3,10-11,13,23H,4-9H2,1H3/b12-10-/t11-,13-/m0/s1. The average molecular weight is 516 g/mol. The molecule has 1 aromatic heterocycles. The molecule has 0 bridgehead atoms. The number of hydrogen-bond donors (Lipinski definition) is 1. The number of nitrogens with one attached hydrogen (secondary N) is 1. The number of morpholine rings is 1. The summed E-state index contributed by atoms with van der Waals surface area (Å²) in [5.41, 5.74) is -1.39. The number of likely N-dealkylation sites (tertiary alicyclic amines) is 1. The highest BCUT2D eigenvalue weighted by Gasteiger charge is 2.41. The van der Waals surface area contributed by atoms with E-state index in [1.54, 1.807) is 4.90 Å². The number of rotatable bonds is 6. The number of halogens is 4. The third-order valence-electron chi connectivity index (χ3n) is 5.11. The maximum Gasteiger partial charge on any atom is 0.418 e. The lowest BCUT2D eigenvalue weighted by Crippen LogP contribution is -2.52. The number of thiophene rings is 1. The number of alkyl halides is 3. The molecule has 0 aromatic carbocycles. The molecule has 0 saturated carbocycles. The summed E-state index contributed by atoms with van der Waals surface area (Å²) in [6.07, 6.45) is -4.92. The molecule has 0 spiro atoms. The second kappa shape index (κ2) is 9.67. The minimum atomic E-state index is -4.95. The zero-order valence-corrected chi connectivity index (χ0v) is 19.3. The zero-order valence-electron chi connectivity index (χ0n) is 16.9. The van der Waals surface area contributed by atoms with Crippen LogP contribution in [0.5, 0.6) is 0 Å². The zero-order chi connectivity index (χ0) is 23.7. The normalized spacial score (nSPS) is 21.8. The van der Waals surface area contributed by atoms with Crippen molar-refractivity contribution in [2.24, 2.45) is 0 Å². The first-order chi connectivity index (χ1) is 14.9. The summed E-state index contributed by atoms with van der Waals surface area (Å²) in [5.74, 6) is -0.956. The van der Waals surface area contributed by atoms with E-state index in [1.807, 2.05) is 4.72 Å². The molecule has 1 aromatic rings. The van der Waals surface area contributed by atoms with Crippen LogP contribution in [0.3, 0.4) is 0 Å². The maximum atomic E-state index is 13.4. The Bertz CT molecular complexity index is 1010. The predicted molar refractivity (Wildman–Crippen MR) is 112 cm³/mol. The van der Waals surface area contributed by atoms with E-state index >= 15 is 0 Å². The molecule has 3 heterocycles. The minimum Gasteiger partial charge on any atom is -0.378 e. The summed E-state index contributed by atoms with van der Waals surface area (Å²) in [6, 6.07) is 0.206. The Hall–Kier alpha value is -1.67. The number of allylic oxidation sites excluding steroid dienone is 1. The molecule has 1 N–H and O–H groups in total. The molecule has 2 amide bonds. The van der Waals surface area contributed by atoms with Crippen LogP contribution >= 0.6 is 22.9 Å². The van der Waals surface area contributed by atoms with Crippen LogP contribution < -0.4 is 4.72 Å². The highest BCUT2D eigenvalue weighted by atomic mass is 35.5. The molecule has 2 aliphatic heterocycles. The molecule has 8 nitrogen and oxygen atoms in total. The van der Waals surface area contributed by atoms with Crippen LogP contribution in [0.4, 0.5) is 13.2 Å². The van der Waals surface area contributed by atoms with Gasteiger partial charge in [0, 0.05) is 24.5 Å². The first-order valence-electron chi connectivity index (χ1n) is 9.63. The second-order valence-corrected chi connectivity index (χ2v) is 10.6. The molecule has 0 unspecified atom stereocenters. The van der Waals surface area contributed by atoms with Gasteiger partial charge < -0.3 is 14.5 Å². The summed E-state index contributed by atoms with van der Waals surface area (Å²) < 4.78 is 72.5. The lowest BCUT2D eigenvalue weighted by molar-refractivity contribution is -0.146. The van der Waals surface area contributed by atoms with Crippen LogP contribution in [0, 0.1) is 0 Å². The van der Waals surface area contributed by atoms with Gasteiger partial charge >= 0.3 is 6.18 Å². The van der Waals surface area contributed by atoms with E-state index in [1.165, 1.54) is 17.9 Å². The lowest BCUT2D eigenvalue weighted by atomic mass is 10.2. The lowest BCUT2D eigenvalue weighted by Gasteiger charge is -2.32. The van der Waals surface area contributed by atoms with Crippen molar-refractivity contribution in [3.63, 3.8) is 0 Å². The first-order valence-corrected chi connectivity index (χ1v) is 12.4. The molecule has 32 heavy (non-hydrogen) atoms. The topological polar surface area (TPSA) is 96.0 Å². The molecule has 14 heteroatoms. The van der Waals surface area contributed by atoms with Gasteiger partial charge in [0.1, 0.15) is 12.1 Å². The fraction of sp³-hybridized carbons (Fsp3) is 0.556. The van der Waals surface area contributed by atoms with Crippen LogP contribution in [0.1, 0.15) is 18.2 Å². The van der Waals surface area contributed by atoms with Gasteiger partial charge in [0.15, 0.2) is 0 Å². The van der Waals surface area contributed by atoms with Gasteiger partial charge in [-0.1, -0.05) is 11.6 Å². The van der Waals surface area contributed by atoms with Crippen LogP contribution in [-0.2, 0) is 24.3 Å². The van der Waals surface area contributed by atoms with Crippen molar-refractivity contribution in [2.75, 3.05) is 32.8 Å². The Morgan fingerprint density at radius 2 is 1.97 bits per heavy atom. The van der Waals surface area contributed by atoms with Crippen LogP contribution in [0.2, 0.25) is 4.34 Å². The maximum absolute atomic E-state index is 13.4. The highest BCUT2D eigenvalue weighted by Crippen LogP contribution is 2.39. The van der Waals surface area contributed by atoms with Gasteiger partial charge in [-0.2, -0.15) is 17.9 Å².